The summed E-state index contributed by atoms with van der Waals surface area (Å²) in [6.45, 7) is 12.0. The lowest BCUT2D eigenvalue weighted by Crippen LogP contribution is -2.37. The first-order valence-corrected chi connectivity index (χ1v) is 7.31. The van der Waals surface area contributed by atoms with E-state index in [4.69, 9.17) is 0 Å². The van der Waals surface area contributed by atoms with Gasteiger partial charge < -0.3 is 5.32 Å². The van der Waals surface area contributed by atoms with Crippen molar-refractivity contribution < 1.29 is 0 Å². The predicted octanol–water partition coefficient (Wildman–Crippen LogP) is 2.81. The fraction of sp³-hybridized carbons (Fsp3) is 0.867. The van der Waals surface area contributed by atoms with Crippen molar-refractivity contribution in [2.75, 3.05) is 19.6 Å². The third-order valence-electron chi connectivity index (χ3n) is 4.31. The summed E-state index contributed by atoms with van der Waals surface area (Å²) in [6, 6.07) is 1.44. The molecule has 98 valence electrons. The smallest absolute Gasteiger partial charge is 0.0205 e. The van der Waals surface area contributed by atoms with Gasteiger partial charge in [0.25, 0.3) is 0 Å². The Morgan fingerprint density at radius 2 is 2.06 bits per heavy atom. The first kappa shape index (κ1) is 13.1. The summed E-state index contributed by atoms with van der Waals surface area (Å²) in [4.78, 5) is 2.69. The molecule has 0 aromatic carbocycles. The molecule has 2 nitrogen and oxygen atoms in total. The lowest BCUT2D eigenvalue weighted by Gasteiger charge is -2.32. The highest BCUT2D eigenvalue weighted by molar-refractivity contribution is 5.03. The minimum absolute atomic E-state index is 0.563. The van der Waals surface area contributed by atoms with Gasteiger partial charge in [-0.1, -0.05) is 33.3 Å². The summed E-state index contributed by atoms with van der Waals surface area (Å²) < 4.78 is 0. The summed E-state index contributed by atoms with van der Waals surface area (Å²) in [7, 11) is 0. The van der Waals surface area contributed by atoms with Crippen molar-refractivity contribution in [2.24, 2.45) is 5.92 Å². The topological polar surface area (TPSA) is 15.3 Å². The van der Waals surface area contributed by atoms with E-state index in [1.165, 1.54) is 44.2 Å². The summed E-state index contributed by atoms with van der Waals surface area (Å²) in [5.41, 5.74) is 1.35. The zero-order chi connectivity index (χ0) is 12.3. The molecule has 0 amide bonds. The van der Waals surface area contributed by atoms with Crippen LogP contribution in [-0.4, -0.2) is 36.6 Å². The predicted molar refractivity (Wildman–Crippen MR) is 74.2 cm³/mol. The number of fused-ring (bicyclic) bond motifs is 1. The largest absolute Gasteiger partial charge is 0.311 e. The molecule has 2 fully saturated rings. The molecular formula is C15H28N2. The van der Waals surface area contributed by atoms with Gasteiger partial charge in [0.2, 0.25) is 0 Å². The average molecular weight is 236 g/mol. The Balaban J connectivity index is 1.77. The third-order valence-corrected chi connectivity index (χ3v) is 4.31. The molecule has 0 spiro atoms. The van der Waals surface area contributed by atoms with Crippen molar-refractivity contribution in [3.8, 4) is 0 Å². The molecule has 1 aliphatic heterocycles. The quantitative estimate of drug-likeness (QED) is 0.738. The van der Waals surface area contributed by atoms with Crippen molar-refractivity contribution in [1.29, 1.82) is 0 Å². The normalized spacial score (nSPS) is 29.6. The van der Waals surface area contributed by atoms with Crippen molar-refractivity contribution in [3.05, 3.63) is 12.2 Å². The van der Waals surface area contributed by atoms with Crippen LogP contribution in [0.2, 0.25) is 0 Å². The molecule has 1 aliphatic carbocycles. The van der Waals surface area contributed by atoms with Crippen molar-refractivity contribution in [2.45, 2.75) is 58.0 Å². The Morgan fingerprint density at radius 3 is 2.82 bits per heavy atom. The molecular weight excluding hydrogens is 208 g/mol. The van der Waals surface area contributed by atoms with E-state index in [9.17, 15) is 0 Å². The lowest BCUT2D eigenvalue weighted by molar-refractivity contribution is 0.194. The van der Waals surface area contributed by atoms with Gasteiger partial charge in [-0.3, -0.25) is 4.90 Å². The number of hydrogen-bond acceptors (Lipinski definition) is 2. The van der Waals surface area contributed by atoms with Crippen molar-refractivity contribution in [3.63, 3.8) is 0 Å². The Hall–Kier alpha value is -0.340. The maximum atomic E-state index is 4.22. The number of rotatable bonds is 5. The van der Waals surface area contributed by atoms with Gasteiger partial charge in [0.1, 0.15) is 0 Å². The Morgan fingerprint density at radius 1 is 1.29 bits per heavy atom. The SMILES string of the molecule is C=C(CNC(C)C)CN1CCC2CCCCC21. The van der Waals surface area contributed by atoms with Crippen LogP contribution in [0.4, 0.5) is 0 Å². The van der Waals surface area contributed by atoms with Gasteiger partial charge in [0.05, 0.1) is 0 Å². The molecule has 2 atom stereocenters. The molecule has 2 unspecified atom stereocenters. The van der Waals surface area contributed by atoms with E-state index in [1.54, 1.807) is 0 Å². The first-order chi connectivity index (χ1) is 8.16. The van der Waals surface area contributed by atoms with Crippen LogP contribution in [0.1, 0.15) is 46.0 Å². The minimum atomic E-state index is 0.563. The monoisotopic (exact) mass is 236 g/mol. The highest BCUT2D eigenvalue weighted by Gasteiger charge is 2.35. The maximum Gasteiger partial charge on any atom is 0.0205 e. The number of hydrogen-bond donors (Lipinski definition) is 1. The van der Waals surface area contributed by atoms with E-state index in [-0.39, 0.29) is 0 Å². The van der Waals surface area contributed by atoms with Crippen LogP contribution in [-0.2, 0) is 0 Å². The van der Waals surface area contributed by atoms with E-state index in [2.05, 4.69) is 30.6 Å². The van der Waals surface area contributed by atoms with Crippen LogP contribution in [0.15, 0.2) is 12.2 Å². The van der Waals surface area contributed by atoms with E-state index < -0.39 is 0 Å². The van der Waals surface area contributed by atoms with Gasteiger partial charge in [-0.15, -0.1) is 0 Å². The van der Waals surface area contributed by atoms with E-state index in [0.717, 1.165) is 25.0 Å². The molecule has 2 aliphatic rings. The summed E-state index contributed by atoms with van der Waals surface area (Å²) in [5, 5.41) is 3.47. The van der Waals surface area contributed by atoms with Gasteiger partial charge in [0, 0.05) is 25.2 Å². The Bertz CT molecular complexity index is 260. The van der Waals surface area contributed by atoms with Crippen LogP contribution >= 0.6 is 0 Å². The molecule has 1 saturated carbocycles. The van der Waals surface area contributed by atoms with Crippen LogP contribution in [0.25, 0.3) is 0 Å². The van der Waals surface area contributed by atoms with Crippen LogP contribution in [0.3, 0.4) is 0 Å². The molecule has 2 heteroatoms. The van der Waals surface area contributed by atoms with Crippen molar-refractivity contribution >= 4 is 0 Å². The molecule has 1 saturated heterocycles. The minimum Gasteiger partial charge on any atom is -0.311 e. The summed E-state index contributed by atoms with van der Waals surface area (Å²) >= 11 is 0. The molecule has 1 N–H and O–H groups in total. The van der Waals surface area contributed by atoms with Crippen LogP contribution in [0.5, 0.6) is 0 Å². The van der Waals surface area contributed by atoms with Crippen LogP contribution < -0.4 is 5.32 Å². The molecule has 2 rings (SSSR count). The number of likely N-dealkylation sites (tertiary alicyclic amines) is 1. The standard InChI is InChI=1S/C15H28N2/c1-12(2)16-10-13(3)11-17-9-8-14-6-4-5-7-15(14)17/h12,14-16H,3-11H2,1-2H3. The molecule has 17 heavy (non-hydrogen) atoms. The fourth-order valence-electron chi connectivity index (χ4n) is 3.39. The second-order valence-electron chi connectivity index (χ2n) is 6.16. The molecule has 0 bridgehead atoms. The number of nitrogens with zero attached hydrogens (tertiary/aromatic N) is 1. The Labute approximate surface area is 106 Å². The average Bonchev–Trinajstić information content (AvgIpc) is 2.70. The molecule has 1 heterocycles. The lowest BCUT2D eigenvalue weighted by atomic mass is 9.85. The van der Waals surface area contributed by atoms with Gasteiger partial charge in [0.15, 0.2) is 0 Å². The van der Waals surface area contributed by atoms with Gasteiger partial charge in [-0.2, -0.15) is 0 Å². The third kappa shape index (κ3) is 3.56. The van der Waals surface area contributed by atoms with E-state index >= 15 is 0 Å². The highest BCUT2D eigenvalue weighted by Crippen LogP contribution is 2.36. The second-order valence-corrected chi connectivity index (χ2v) is 6.16. The van der Waals surface area contributed by atoms with Gasteiger partial charge in [-0.05, 0) is 37.3 Å². The van der Waals surface area contributed by atoms with Crippen LogP contribution in [0, 0.1) is 5.92 Å². The van der Waals surface area contributed by atoms with Crippen molar-refractivity contribution in [1.82, 2.24) is 10.2 Å². The maximum absolute atomic E-state index is 4.22. The highest BCUT2D eigenvalue weighted by atomic mass is 15.2. The zero-order valence-corrected chi connectivity index (χ0v) is 11.5. The van der Waals surface area contributed by atoms with E-state index in [1.807, 2.05) is 0 Å². The fourth-order valence-corrected chi connectivity index (χ4v) is 3.39. The van der Waals surface area contributed by atoms with E-state index in [0.29, 0.717) is 6.04 Å². The van der Waals surface area contributed by atoms with Gasteiger partial charge >= 0.3 is 0 Å². The van der Waals surface area contributed by atoms with Gasteiger partial charge in [-0.25, -0.2) is 0 Å². The number of nitrogens with one attached hydrogen (secondary N) is 1. The molecule has 0 aromatic rings. The Kier molecular flexibility index (Phi) is 4.63. The zero-order valence-electron chi connectivity index (χ0n) is 11.5. The first-order valence-electron chi connectivity index (χ1n) is 7.31. The molecule has 0 aromatic heterocycles. The molecule has 0 radical (unpaired) electrons. The second kappa shape index (κ2) is 6.01. The summed E-state index contributed by atoms with van der Waals surface area (Å²) in [5.74, 6) is 0.995. The summed E-state index contributed by atoms with van der Waals surface area (Å²) in [6.07, 6.45) is 7.22.